The first-order chi connectivity index (χ1) is 9.52. The number of rotatable bonds is 4. The van der Waals surface area contributed by atoms with Gasteiger partial charge in [0.1, 0.15) is 5.75 Å². The van der Waals surface area contributed by atoms with Crippen molar-refractivity contribution in [1.82, 2.24) is 0 Å². The van der Waals surface area contributed by atoms with E-state index in [9.17, 15) is 0 Å². The van der Waals surface area contributed by atoms with Gasteiger partial charge in [-0.1, -0.05) is 23.7 Å². The molecule has 2 N–H and O–H groups in total. The van der Waals surface area contributed by atoms with Gasteiger partial charge in [0.05, 0.1) is 24.5 Å². The summed E-state index contributed by atoms with van der Waals surface area (Å²) in [5, 5.41) is 0.743. The van der Waals surface area contributed by atoms with Crippen LogP contribution in [0.25, 0.3) is 0 Å². The number of hydrogen-bond acceptors (Lipinski definition) is 3. The van der Waals surface area contributed by atoms with Crippen LogP contribution in [0.5, 0.6) is 5.75 Å². The molecule has 20 heavy (non-hydrogen) atoms. The van der Waals surface area contributed by atoms with Gasteiger partial charge in [0, 0.05) is 18.1 Å². The average Bonchev–Trinajstić information content (AvgIpc) is 2.46. The second kappa shape index (κ2) is 6.06. The maximum atomic E-state index is 6.10. The van der Waals surface area contributed by atoms with Crippen molar-refractivity contribution in [1.29, 1.82) is 0 Å². The van der Waals surface area contributed by atoms with Crippen LogP contribution in [0.1, 0.15) is 18.5 Å². The first-order valence-corrected chi connectivity index (χ1v) is 6.82. The molecule has 0 aromatic heterocycles. The molecule has 0 amide bonds. The van der Waals surface area contributed by atoms with Gasteiger partial charge in [-0.25, -0.2) is 0 Å². The fourth-order valence-electron chi connectivity index (χ4n) is 2.15. The first-order valence-electron chi connectivity index (χ1n) is 6.44. The lowest BCUT2D eigenvalue weighted by Crippen LogP contribution is -2.22. The molecule has 0 fully saturated rings. The molecule has 0 spiro atoms. The molecule has 4 heteroatoms. The number of nitrogens with two attached hydrogens (primary N) is 1. The normalized spacial score (nSPS) is 12.0. The zero-order valence-corrected chi connectivity index (χ0v) is 12.7. The summed E-state index contributed by atoms with van der Waals surface area (Å²) >= 11 is 5.92. The van der Waals surface area contributed by atoms with Gasteiger partial charge in [-0.05, 0) is 36.8 Å². The highest BCUT2D eigenvalue weighted by Gasteiger charge is 2.14. The summed E-state index contributed by atoms with van der Waals surface area (Å²) in [6.07, 6.45) is 0. The molecule has 2 aromatic carbocycles. The summed E-state index contributed by atoms with van der Waals surface area (Å²) in [5.41, 5.74) is 8.96. The van der Waals surface area contributed by atoms with Crippen LogP contribution < -0.4 is 15.4 Å². The lowest BCUT2D eigenvalue weighted by molar-refractivity contribution is 0.415. The van der Waals surface area contributed by atoms with E-state index in [1.807, 2.05) is 49.5 Å². The second-order valence-electron chi connectivity index (χ2n) is 4.76. The van der Waals surface area contributed by atoms with E-state index in [-0.39, 0.29) is 6.04 Å². The molecular formula is C16H19ClN2O. The van der Waals surface area contributed by atoms with Crippen LogP contribution in [-0.2, 0) is 0 Å². The summed E-state index contributed by atoms with van der Waals surface area (Å²) in [6.45, 7) is 2.13. The standard InChI is InChI=1S/C16H19ClN2O/c1-11(12-4-6-13(17)7-5-12)19(2)16-9-8-14(20-3)10-15(16)18/h4-11H,18H2,1-3H3. The van der Waals surface area contributed by atoms with E-state index in [0.29, 0.717) is 5.69 Å². The fraction of sp³-hybridized carbons (Fsp3) is 0.250. The lowest BCUT2D eigenvalue weighted by atomic mass is 10.1. The molecular weight excluding hydrogens is 272 g/mol. The zero-order chi connectivity index (χ0) is 14.7. The number of nitrogens with zero attached hydrogens (tertiary/aromatic N) is 1. The summed E-state index contributed by atoms with van der Waals surface area (Å²) in [5.74, 6) is 0.763. The predicted octanol–water partition coefficient (Wildman–Crippen LogP) is 4.13. The molecule has 0 saturated heterocycles. The highest BCUT2D eigenvalue weighted by atomic mass is 35.5. The molecule has 106 valence electrons. The van der Waals surface area contributed by atoms with Gasteiger partial charge in [-0.3, -0.25) is 0 Å². The smallest absolute Gasteiger partial charge is 0.121 e. The van der Waals surface area contributed by atoms with Crippen LogP contribution in [-0.4, -0.2) is 14.2 Å². The minimum absolute atomic E-state index is 0.197. The topological polar surface area (TPSA) is 38.5 Å². The van der Waals surface area contributed by atoms with E-state index in [2.05, 4.69) is 11.8 Å². The second-order valence-corrected chi connectivity index (χ2v) is 5.20. The van der Waals surface area contributed by atoms with Crippen molar-refractivity contribution in [3.05, 3.63) is 53.1 Å². The lowest BCUT2D eigenvalue weighted by Gasteiger charge is -2.28. The molecule has 0 aliphatic heterocycles. The maximum absolute atomic E-state index is 6.10. The number of hydrogen-bond donors (Lipinski definition) is 1. The molecule has 0 bridgehead atoms. The number of anilines is 2. The molecule has 0 aliphatic rings. The fourth-order valence-corrected chi connectivity index (χ4v) is 2.28. The zero-order valence-electron chi connectivity index (χ0n) is 11.9. The molecule has 1 atom stereocenters. The van der Waals surface area contributed by atoms with E-state index in [4.69, 9.17) is 22.1 Å². The maximum Gasteiger partial charge on any atom is 0.121 e. The largest absolute Gasteiger partial charge is 0.497 e. The van der Waals surface area contributed by atoms with E-state index in [1.54, 1.807) is 7.11 Å². The average molecular weight is 291 g/mol. The molecule has 1 unspecified atom stereocenters. The van der Waals surface area contributed by atoms with Crippen molar-refractivity contribution in [2.75, 3.05) is 24.8 Å². The Morgan fingerprint density at radius 2 is 1.80 bits per heavy atom. The molecule has 0 radical (unpaired) electrons. The number of methoxy groups -OCH3 is 1. The van der Waals surface area contributed by atoms with Crippen LogP contribution in [0.4, 0.5) is 11.4 Å². The molecule has 0 aliphatic carbocycles. The highest BCUT2D eigenvalue weighted by Crippen LogP contribution is 2.32. The molecule has 2 aromatic rings. The number of nitrogen functional groups attached to an aromatic ring is 1. The van der Waals surface area contributed by atoms with Gasteiger partial charge >= 0.3 is 0 Å². The van der Waals surface area contributed by atoms with Crippen LogP contribution in [0.2, 0.25) is 5.02 Å². The van der Waals surface area contributed by atoms with E-state index in [0.717, 1.165) is 16.5 Å². The van der Waals surface area contributed by atoms with Crippen molar-refractivity contribution < 1.29 is 4.74 Å². The van der Waals surface area contributed by atoms with E-state index < -0.39 is 0 Å². The van der Waals surface area contributed by atoms with E-state index in [1.165, 1.54) is 5.56 Å². The molecule has 3 nitrogen and oxygen atoms in total. The number of ether oxygens (including phenoxy) is 1. The van der Waals surface area contributed by atoms with Gasteiger partial charge in [0.25, 0.3) is 0 Å². The number of benzene rings is 2. The molecule has 0 saturated carbocycles. The van der Waals surface area contributed by atoms with Crippen molar-refractivity contribution in [3.8, 4) is 5.75 Å². The van der Waals surface area contributed by atoms with Crippen molar-refractivity contribution in [3.63, 3.8) is 0 Å². The summed E-state index contributed by atoms with van der Waals surface area (Å²) in [4.78, 5) is 2.14. The molecule has 2 rings (SSSR count). The SMILES string of the molecule is COc1ccc(N(C)C(C)c2ccc(Cl)cc2)c(N)c1. The third-order valence-corrected chi connectivity index (χ3v) is 3.80. The Bertz CT molecular complexity index is 584. The quantitative estimate of drug-likeness (QED) is 0.861. The summed E-state index contributed by atoms with van der Waals surface area (Å²) in [7, 11) is 3.66. The van der Waals surface area contributed by atoms with Crippen molar-refractivity contribution >= 4 is 23.0 Å². The van der Waals surface area contributed by atoms with Gasteiger partial charge in [-0.15, -0.1) is 0 Å². The summed E-state index contributed by atoms with van der Waals surface area (Å²) < 4.78 is 5.17. The van der Waals surface area contributed by atoms with Gasteiger partial charge in [0.2, 0.25) is 0 Å². The third-order valence-electron chi connectivity index (χ3n) is 3.55. The van der Waals surface area contributed by atoms with Crippen LogP contribution in [0.15, 0.2) is 42.5 Å². The Morgan fingerprint density at radius 3 is 2.35 bits per heavy atom. The van der Waals surface area contributed by atoms with Gasteiger partial charge < -0.3 is 15.4 Å². The van der Waals surface area contributed by atoms with Gasteiger partial charge in [-0.2, -0.15) is 0 Å². The number of halogens is 1. The van der Waals surface area contributed by atoms with E-state index >= 15 is 0 Å². The molecule has 0 heterocycles. The predicted molar refractivity (Wildman–Crippen MR) is 85.7 cm³/mol. The van der Waals surface area contributed by atoms with Gasteiger partial charge in [0.15, 0.2) is 0 Å². The van der Waals surface area contributed by atoms with Crippen molar-refractivity contribution in [2.24, 2.45) is 0 Å². The highest BCUT2D eigenvalue weighted by molar-refractivity contribution is 6.30. The van der Waals surface area contributed by atoms with Crippen LogP contribution in [0, 0.1) is 0 Å². The third kappa shape index (κ3) is 2.99. The Balaban J connectivity index is 2.26. The Labute approximate surface area is 124 Å². The minimum atomic E-state index is 0.197. The van der Waals surface area contributed by atoms with Crippen LogP contribution in [0.3, 0.4) is 0 Å². The summed E-state index contributed by atoms with van der Waals surface area (Å²) in [6, 6.07) is 13.8. The first kappa shape index (κ1) is 14.5. The Morgan fingerprint density at radius 1 is 1.15 bits per heavy atom. The van der Waals surface area contributed by atoms with Crippen LogP contribution >= 0.6 is 11.6 Å². The minimum Gasteiger partial charge on any atom is -0.497 e. The Kier molecular flexibility index (Phi) is 4.40. The van der Waals surface area contributed by atoms with Crippen molar-refractivity contribution in [2.45, 2.75) is 13.0 Å². The Hall–Kier alpha value is -1.87. The monoisotopic (exact) mass is 290 g/mol.